The second kappa shape index (κ2) is 6.70. The Labute approximate surface area is 128 Å². The molecular weight excluding hydrogens is 299 g/mol. The normalized spacial score (nSPS) is 17.2. The summed E-state index contributed by atoms with van der Waals surface area (Å²) in [6, 6.07) is 1.46. The van der Waals surface area contributed by atoms with Gasteiger partial charge < -0.3 is 9.80 Å². The van der Waals surface area contributed by atoms with Gasteiger partial charge in [-0.05, 0) is 45.0 Å². The minimum Gasteiger partial charge on any atom is -0.341 e. The van der Waals surface area contributed by atoms with E-state index >= 15 is 0 Å². The van der Waals surface area contributed by atoms with Crippen LogP contribution in [-0.2, 0) is 0 Å². The summed E-state index contributed by atoms with van der Waals surface area (Å²) in [6.45, 7) is 2.88. The van der Waals surface area contributed by atoms with Crippen LogP contribution in [0.5, 0.6) is 0 Å². The lowest BCUT2D eigenvalue weighted by atomic mass is 9.96. The fourth-order valence-electron chi connectivity index (χ4n) is 2.42. The standard InChI is InChI=1S/C13H18Cl2N4O/c1-18-5-3-9(4-6-18)8-19(2)13(20)10-7-11(14)16-17-12(10)15/h7,9H,3-6,8H2,1-2H3. The maximum absolute atomic E-state index is 12.4. The molecule has 0 saturated carbocycles. The Morgan fingerprint density at radius 3 is 2.70 bits per heavy atom. The molecule has 1 aromatic heterocycles. The van der Waals surface area contributed by atoms with Crippen LogP contribution in [0.3, 0.4) is 0 Å². The highest BCUT2D eigenvalue weighted by atomic mass is 35.5. The molecule has 5 nitrogen and oxygen atoms in total. The van der Waals surface area contributed by atoms with E-state index in [0.29, 0.717) is 11.5 Å². The zero-order valence-electron chi connectivity index (χ0n) is 11.6. The molecule has 0 radical (unpaired) electrons. The number of halogens is 2. The molecule has 0 bridgehead atoms. The Morgan fingerprint density at radius 2 is 2.05 bits per heavy atom. The number of likely N-dealkylation sites (tertiary alicyclic amines) is 1. The average molecular weight is 317 g/mol. The molecule has 1 amide bonds. The molecule has 0 aromatic carbocycles. The first kappa shape index (κ1) is 15.5. The van der Waals surface area contributed by atoms with Crippen molar-refractivity contribution in [1.29, 1.82) is 0 Å². The number of piperidine rings is 1. The molecule has 0 spiro atoms. The Bertz CT molecular complexity index is 489. The summed E-state index contributed by atoms with van der Waals surface area (Å²) in [7, 11) is 3.90. The highest BCUT2D eigenvalue weighted by Gasteiger charge is 2.22. The molecule has 2 rings (SSSR count). The van der Waals surface area contributed by atoms with Gasteiger partial charge in [0.1, 0.15) is 0 Å². The number of carbonyl (C=O) groups is 1. The molecule has 1 aliphatic heterocycles. The molecule has 0 N–H and O–H groups in total. The van der Waals surface area contributed by atoms with Crippen LogP contribution >= 0.6 is 23.2 Å². The van der Waals surface area contributed by atoms with Gasteiger partial charge in [0.15, 0.2) is 10.3 Å². The fraction of sp³-hybridized carbons (Fsp3) is 0.615. The largest absolute Gasteiger partial charge is 0.341 e. The summed E-state index contributed by atoms with van der Waals surface area (Å²) in [6.07, 6.45) is 2.22. The van der Waals surface area contributed by atoms with Gasteiger partial charge in [-0.3, -0.25) is 4.79 Å². The fourth-order valence-corrected chi connectivity index (χ4v) is 2.74. The van der Waals surface area contributed by atoms with Gasteiger partial charge >= 0.3 is 0 Å². The summed E-state index contributed by atoms with van der Waals surface area (Å²) in [5, 5.41) is 7.54. The number of carbonyl (C=O) groups excluding carboxylic acids is 1. The SMILES string of the molecule is CN1CCC(CN(C)C(=O)c2cc(Cl)nnc2Cl)CC1. The van der Waals surface area contributed by atoms with Gasteiger partial charge in [0, 0.05) is 13.6 Å². The Morgan fingerprint density at radius 1 is 1.40 bits per heavy atom. The summed E-state index contributed by atoms with van der Waals surface area (Å²) < 4.78 is 0. The zero-order chi connectivity index (χ0) is 14.7. The number of hydrogen-bond acceptors (Lipinski definition) is 4. The summed E-state index contributed by atoms with van der Waals surface area (Å²) >= 11 is 11.7. The number of hydrogen-bond donors (Lipinski definition) is 0. The molecule has 1 aromatic rings. The zero-order valence-corrected chi connectivity index (χ0v) is 13.2. The van der Waals surface area contributed by atoms with Crippen LogP contribution in [0.2, 0.25) is 10.3 Å². The molecule has 0 atom stereocenters. The second-order valence-corrected chi connectivity index (χ2v) is 6.05. The van der Waals surface area contributed by atoms with E-state index in [1.807, 2.05) is 0 Å². The Balaban J connectivity index is 1.99. The summed E-state index contributed by atoms with van der Waals surface area (Å²) in [5.74, 6) is 0.370. The van der Waals surface area contributed by atoms with Crippen LogP contribution in [0.1, 0.15) is 23.2 Å². The summed E-state index contributed by atoms with van der Waals surface area (Å²) in [4.78, 5) is 16.4. The van der Waals surface area contributed by atoms with Crippen LogP contribution in [-0.4, -0.2) is 59.6 Å². The maximum Gasteiger partial charge on any atom is 0.256 e. The third kappa shape index (κ3) is 3.81. The van der Waals surface area contributed by atoms with Gasteiger partial charge in [-0.15, -0.1) is 10.2 Å². The molecule has 1 saturated heterocycles. The monoisotopic (exact) mass is 316 g/mol. The molecule has 110 valence electrons. The van der Waals surface area contributed by atoms with Crippen molar-refractivity contribution in [2.24, 2.45) is 5.92 Å². The number of amides is 1. The van der Waals surface area contributed by atoms with Crippen LogP contribution in [0, 0.1) is 5.92 Å². The Kier molecular flexibility index (Phi) is 5.18. The first-order chi connectivity index (χ1) is 9.47. The van der Waals surface area contributed by atoms with E-state index in [4.69, 9.17) is 23.2 Å². The molecule has 1 aliphatic rings. The molecule has 2 heterocycles. The van der Waals surface area contributed by atoms with Crippen molar-refractivity contribution in [2.45, 2.75) is 12.8 Å². The van der Waals surface area contributed by atoms with E-state index in [2.05, 4.69) is 22.1 Å². The lowest BCUT2D eigenvalue weighted by Gasteiger charge is -2.31. The van der Waals surface area contributed by atoms with E-state index < -0.39 is 0 Å². The van der Waals surface area contributed by atoms with Gasteiger partial charge in [0.2, 0.25) is 0 Å². The lowest BCUT2D eigenvalue weighted by Crippen LogP contribution is -2.38. The topological polar surface area (TPSA) is 49.3 Å². The van der Waals surface area contributed by atoms with E-state index in [1.165, 1.54) is 6.07 Å². The van der Waals surface area contributed by atoms with Crippen molar-refractivity contribution in [3.05, 3.63) is 21.9 Å². The molecule has 1 fully saturated rings. The molecule has 0 aliphatic carbocycles. The van der Waals surface area contributed by atoms with E-state index in [0.717, 1.165) is 32.5 Å². The van der Waals surface area contributed by atoms with Gasteiger partial charge in [-0.1, -0.05) is 23.2 Å². The van der Waals surface area contributed by atoms with Crippen molar-refractivity contribution in [3.8, 4) is 0 Å². The van der Waals surface area contributed by atoms with Crippen LogP contribution in [0.15, 0.2) is 6.07 Å². The molecule has 0 unspecified atom stereocenters. The molecular formula is C13H18Cl2N4O. The lowest BCUT2D eigenvalue weighted by molar-refractivity contribution is 0.0746. The minimum absolute atomic E-state index is 0.0922. The third-order valence-corrected chi connectivity index (χ3v) is 4.13. The Hall–Kier alpha value is -0.910. The van der Waals surface area contributed by atoms with Crippen LogP contribution in [0.4, 0.5) is 0 Å². The van der Waals surface area contributed by atoms with E-state index in [1.54, 1.807) is 11.9 Å². The van der Waals surface area contributed by atoms with Crippen molar-refractivity contribution < 1.29 is 4.79 Å². The predicted octanol–water partition coefficient (Wildman–Crippen LogP) is 2.20. The maximum atomic E-state index is 12.4. The molecule has 20 heavy (non-hydrogen) atoms. The van der Waals surface area contributed by atoms with Crippen LogP contribution < -0.4 is 0 Å². The minimum atomic E-state index is -0.161. The van der Waals surface area contributed by atoms with Crippen molar-refractivity contribution in [2.75, 3.05) is 33.7 Å². The van der Waals surface area contributed by atoms with E-state index in [-0.39, 0.29) is 16.2 Å². The van der Waals surface area contributed by atoms with Crippen molar-refractivity contribution in [3.63, 3.8) is 0 Å². The number of aromatic nitrogens is 2. The second-order valence-electron chi connectivity index (χ2n) is 5.30. The van der Waals surface area contributed by atoms with Gasteiger partial charge in [-0.25, -0.2) is 0 Å². The highest BCUT2D eigenvalue weighted by molar-refractivity contribution is 6.34. The first-order valence-corrected chi connectivity index (χ1v) is 7.35. The van der Waals surface area contributed by atoms with Gasteiger partial charge in [0.25, 0.3) is 5.91 Å². The van der Waals surface area contributed by atoms with Gasteiger partial charge in [0.05, 0.1) is 5.56 Å². The highest BCUT2D eigenvalue weighted by Crippen LogP contribution is 2.20. The first-order valence-electron chi connectivity index (χ1n) is 6.60. The third-order valence-electron chi connectivity index (χ3n) is 3.67. The quantitative estimate of drug-likeness (QED) is 0.857. The number of rotatable bonds is 3. The average Bonchev–Trinajstić information content (AvgIpc) is 2.43. The molecule has 7 heteroatoms. The van der Waals surface area contributed by atoms with Crippen molar-refractivity contribution >= 4 is 29.1 Å². The number of nitrogens with zero attached hydrogens (tertiary/aromatic N) is 4. The van der Waals surface area contributed by atoms with Crippen LogP contribution in [0.25, 0.3) is 0 Å². The summed E-state index contributed by atoms with van der Waals surface area (Å²) in [5.41, 5.74) is 0.307. The van der Waals surface area contributed by atoms with E-state index in [9.17, 15) is 4.79 Å². The smallest absolute Gasteiger partial charge is 0.256 e. The predicted molar refractivity (Wildman–Crippen MR) is 79.2 cm³/mol. The van der Waals surface area contributed by atoms with Gasteiger partial charge in [-0.2, -0.15) is 0 Å². The van der Waals surface area contributed by atoms with Crippen molar-refractivity contribution in [1.82, 2.24) is 20.0 Å².